The largest absolute Gasteiger partial charge is 0.324 e. The van der Waals surface area contributed by atoms with E-state index in [0.29, 0.717) is 29.8 Å². The summed E-state index contributed by atoms with van der Waals surface area (Å²) in [5, 5.41) is 5.79. The van der Waals surface area contributed by atoms with E-state index in [-0.39, 0.29) is 36.6 Å². The van der Waals surface area contributed by atoms with Gasteiger partial charge in [-0.1, -0.05) is 25.3 Å². The number of carbonyl (C=O) groups excluding carboxylic acids is 2. The van der Waals surface area contributed by atoms with E-state index in [4.69, 9.17) is 5.73 Å². The Morgan fingerprint density at radius 2 is 1.64 bits per heavy atom. The summed E-state index contributed by atoms with van der Waals surface area (Å²) in [6.45, 7) is 1.90. The highest BCUT2D eigenvalue weighted by molar-refractivity contribution is 6.05. The van der Waals surface area contributed by atoms with Crippen molar-refractivity contribution in [3.63, 3.8) is 0 Å². The van der Waals surface area contributed by atoms with E-state index >= 15 is 0 Å². The van der Waals surface area contributed by atoms with Crippen molar-refractivity contribution in [3.8, 4) is 0 Å². The number of nitrogens with zero attached hydrogens (tertiary/aromatic N) is 1. The monoisotopic (exact) mass is 424 g/mol. The summed E-state index contributed by atoms with van der Waals surface area (Å²) in [6.07, 6.45) is 7.64. The summed E-state index contributed by atoms with van der Waals surface area (Å²) >= 11 is 0. The van der Waals surface area contributed by atoms with Gasteiger partial charge in [0.2, 0.25) is 5.91 Å². The molecule has 1 aromatic heterocycles. The third kappa shape index (κ3) is 5.67. The Kier molecular flexibility index (Phi) is 8.88. The molecule has 2 aromatic rings. The van der Waals surface area contributed by atoms with Crippen LogP contribution in [0.3, 0.4) is 0 Å². The zero-order valence-corrected chi connectivity index (χ0v) is 17.4. The molecular formula is C20H26Cl2N4O2. The van der Waals surface area contributed by atoms with Crippen LogP contribution in [0.5, 0.6) is 0 Å². The van der Waals surface area contributed by atoms with Gasteiger partial charge < -0.3 is 16.4 Å². The molecule has 0 saturated heterocycles. The summed E-state index contributed by atoms with van der Waals surface area (Å²) in [4.78, 5) is 28.9. The van der Waals surface area contributed by atoms with E-state index < -0.39 is 5.54 Å². The quantitative estimate of drug-likeness (QED) is 0.688. The predicted octanol–water partition coefficient (Wildman–Crippen LogP) is 4.09. The van der Waals surface area contributed by atoms with E-state index in [9.17, 15) is 9.59 Å². The van der Waals surface area contributed by atoms with E-state index in [2.05, 4.69) is 15.6 Å². The molecule has 3 rings (SSSR count). The molecule has 1 aliphatic carbocycles. The third-order valence-corrected chi connectivity index (χ3v) is 4.88. The minimum Gasteiger partial charge on any atom is -0.324 e. The Labute approximate surface area is 177 Å². The van der Waals surface area contributed by atoms with Gasteiger partial charge in [-0.15, -0.1) is 24.8 Å². The van der Waals surface area contributed by atoms with Crippen LogP contribution in [0.15, 0.2) is 42.7 Å². The fourth-order valence-electron chi connectivity index (χ4n) is 3.20. The number of rotatable bonds is 4. The summed E-state index contributed by atoms with van der Waals surface area (Å²) in [5.74, 6) is -0.381. The van der Waals surface area contributed by atoms with E-state index in [0.717, 1.165) is 24.8 Å². The maximum atomic E-state index is 12.6. The van der Waals surface area contributed by atoms with Gasteiger partial charge in [0.25, 0.3) is 5.91 Å². The third-order valence-electron chi connectivity index (χ3n) is 4.88. The molecule has 2 amide bonds. The van der Waals surface area contributed by atoms with Gasteiger partial charge in [0.05, 0.1) is 5.54 Å². The molecule has 0 aliphatic heterocycles. The van der Waals surface area contributed by atoms with Crippen LogP contribution < -0.4 is 16.4 Å². The van der Waals surface area contributed by atoms with E-state index in [1.807, 2.05) is 19.1 Å². The Morgan fingerprint density at radius 1 is 1.00 bits per heavy atom. The molecule has 0 spiro atoms. The fourth-order valence-corrected chi connectivity index (χ4v) is 3.20. The molecular weight excluding hydrogens is 399 g/mol. The lowest BCUT2D eigenvalue weighted by molar-refractivity contribution is -0.122. The van der Waals surface area contributed by atoms with Crippen LogP contribution >= 0.6 is 24.8 Å². The van der Waals surface area contributed by atoms with Crippen molar-refractivity contribution in [1.29, 1.82) is 0 Å². The number of benzene rings is 1. The molecule has 8 heteroatoms. The van der Waals surface area contributed by atoms with Gasteiger partial charge in [0, 0.05) is 29.3 Å². The number of aryl methyl sites for hydroxylation is 1. The summed E-state index contributed by atoms with van der Waals surface area (Å²) in [7, 11) is 0. The summed E-state index contributed by atoms with van der Waals surface area (Å²) in [6, 6.07) is 8.75. The van der Waals surface area contributed by atoms with Gasteiger partial charge in [-0.2, -0.15) is 0 Å². The van der Waals surface area contributed by atoms with Crippen LogP contribution in [0.4, 0.5) is 11.4 Å². The molecule has 28 heavy (non-hydrogen) atoms. The van der Waals surface area contributed by atoms with Crippen LogP contribution in [0.2, 0.25) is 0 Å². The van der Waals surface area contributed by atoms with Crippen LogP contribution in [0, 0.1) is 6.92 Å². The predicted molar refractivity (Wildman–Crippen MR) is 116 cm³/mol. The molecule has 0 unspecified atom stereocenters. The van der Waals surface area contributed by atoms with Crippen molar-refractivity contribution >= 4 is 48.0 Å². The van der Waals surface area contributed by atoms with Crippen LogP contribution in [0.25, 0.3) is 0 Å². The van der Waals surface area contributed by atoms with Gasteiger partial charge in [-0.05, 0) is 49.6 Å². The molecule has 1 aliphatic rings. The number of halogens is 2. The molecule has 0 atom stereocenters. The lowest BCUT2D eigenvalue weighted by atomic mass is 9.82. The fraction of sp³-hybridized carbons (Fsp3) is 0.350. The molecule has 6 nitrogen and oxygen atoms in total. The standard InChI is InChI=1S/C20H24N4O2.2ClH/c1-14-5-6-16(23-19(26)20(21)9-3-2-4-10-20)13-17(14)24-18(25)15-7-11-22-12-8-15;;/h5-8,11-13H,2-4,9-10,21H2,1H3,(H,23,26)(H,24,25);2*1H. The van der Waals surface area contributed by atoms with Gasteiger partial charge in [-0.3, -0.25) is 14.6 Å². The average molecular weight is 425 g/mol. The normalized spacial score (nSPS) is 14.8. The second-order valence-electron chi connectivity index (χ2n) is 6.89. The summed E-state index contributed by atoms with van der Waals surface area (Å²) < 4.78 is 0. The van der Waals surface area contributed by atoms with Gasteiger partial charge in [0.1, 0.15) is 0 Å². The van der Waals surface area contributed by atoms with Crippen molar-refractivity contribution in [3.05, 3.63) is 53.9 Å². The first-order valence-electron chi connectivity index (χ1n) is 8.90. The molecule has 0 bridgehead atoms. The first kappa shape index (κ1) is 23.9. The van der Waals surface area contributed by atoms with Crippen LogP contribution in [0.1, 0.15) is 48.0 Å². The number of nitrogens with one attached hydrogen (secondary N) is 2. The maximum Gasteiger partial charge on any atom is 0.255 e. The number of hydrogen-bond acceptors (Lipinski definition) is 4. The highest BCUT2D eigenvalue weighted by Crippen LogP contribution is 2.28. The topological polar surface area (TPSA) is 97.1 Å². The number of amides is 2. The molecule has 1 heterocycles. The van der Waals surface area contributed by atoms with Crippen LogP contribution in [-0.2, 0) is 4.79 Å². The van der Waals surface area contributed by atoms with Crippen molar-refractivity contribution in [1.82, 2.24) is 4.98 Å². The highest BCUT2D eigenvalue weighted by Gasteiger charge is 2.35. The zero-order valence-electron chi connectivity index (χ0n) is 15.7. The second kappa shape index (κ2) is 10.4. The Bertz CT molecular complexity index is 809. The molecule has 4 N–H and O–H groups in total. The number of pyridine rings is 1. The van der Waals surface area contributed by atoms with Crippen molar-refractivity contribution in [2.24, 2.45) is 5.73 Å². The van der Waals surface area contributed by atoms with Crippen molar-refractivity contribution < 1.29 is 9.59 Å². The van der Waals surface area contributed by atoms with Gasteiger partial charge >= 0.3 is 0 Å². The number of aromatic nitrogens is 1. The van der Waals surface area contributed by atoms with Crippen molar-refractivity contribution in [2.45, 2.75) is 44.6 Å². The molecule has 152 valence electrons. The molecule has 1 saturated carbocycles. The second-order valence-corrected chi connectivity index (χ2v) is 6.89. The highest BCUT2D eigenvalue weighted by atomic mass is 35.5. The first-order chi connectivity index (χ1) is 12.5. The minimum atomic E-state index is -0.802. The summed E-state index contributed by atoms with van der Waals surface area (Å²) in [5.41, 5.74) is 8.20. The number of carbonyl (C=O) groups is 2. The number of anilines is 2. The minimum absolute atomic E-state index is 0. The Balaban J connectivity index is 0.00000196. The van der Waals surface area contributed by atoms with E-state index in [1.54, 1.807) is 30.6 Å². The van der Waals surface area contributed by atoms with Crippen LogP contribution in [-0.4, -0.2) is 22.3 Å². The van der Waals surface area contributed by atoms with E-state index in [1.165, 1.54) is 0 Å². The number of hydrogen-bond donors (Lipinski definition) is 3. The first-order valence-corrected chi connectivity index (χ1v) is 8.90. The van der Waals surface area contributed by atoms with Gasteiger partial charge in [-0.25, -0.2) is 0 Å². The average Bonchev–Trinajstić information content (AvgIpc) is 2.65. The Morgan fingerprint density at radius 3 is 2.29 bits per heavy atom. The molecule has 1 aromatic carbocycles. The zero-order chi connectivity index (χ0) is 18.6. The van der Waals surface area contributed by atoms with Gasteiger partial charge in [0.15, 0.2) is 0 Å². The Hall–Kier alpha value is -2.15. The smallest absolute Gasteiger partial charge is 0.255 e. The maximum absolute atomic E-state index is 12.6. The lowest BCUT2D eigenvalue weighted by Gasteiger charge is -2.31. The molecule has 0 radical (unpaired) electrons. The molecule has 1 fully saturated rings. The SMILES string of the molecule is Cc1ccc(NC(=O)C2(N)CCCCC2)cc1NC(=O)c1ccncc1.Cl.Cl. The number of nitrogens with two attached hydrogens (primary N) is 1. The lowest BCUT2D eigenvalue weighted by Crippen LogP contribution is -2.52. The van der Waals surface area contributed by atoms with Crippen molar-refractivity contribution in [2.75, 3.05) is 10.6 Å².